The number of benzene rings is 1. The molecule has 1 aliphatic rings. The number of nitrogens with zero attached hydrogens (tertiary/aromatic N) is 1. The van der Waals surface area contributed by atoms with Crippen molar-refractivity contribution >= 4 is 18.0 Å². The summed E-state index contributed by atoms with van der Waals surface area (Å²) >= 11 is 0. The summed E-state index contributed by atoms with van der Waals surface area (Å²) < 4.78 is 20.4. The van der Waals surface area contributed by atoms with Crippen LogP contribution in [0.25, 0.3) is 6.08 Å². The maximum Gasteiger partial charge on any atom is 0.348 e. The molecule has 0 bridgehead atoms. The van der Waals surface area contributed by atoms with E-state index in [-0.39, 0.29) is 12.2 Å². The second-order valence-corrected chi connectivity index (χ2v) is 5.09. The van der Waals surface area contributed by atoms with Crippen LogP contribution in [0.2, 0.25) is 0 Å². The number of ether oxygens (including phenoxy) is 4. The summed E-state index contributed by atoms with van der Waals surface area (Å²) in [6, 6.07) is 6.63. The van der Waals surface area contributed by atoms with Crippen molar-refractivity contribution in [3.05, 3.63) is 29.3 Å². The summed E-state index contributed by atoms with van der Waals surface area (Å²) in [5.74, 6) is -2.06. The summed E-state index contributed by atoms with van der Waals surface area (Å²) in [4.78, 5) is 23.8. The molecule has 0 unspecified atom stereocenters. The Morgan fingerprint density at radius 2 is 1.87 bits per heavy atom. The minimum atomic E-state index is -1.29. The average Bonchev–Trinajstić information content (AvgIpc) is 2.48. The molecule has 0 N–H and O–H groups in total. The van der Waals surface area contributed by atoms with Crippen LogP contribution in [0.4, 0.5) is 0 Å². The van der Waals surface area contributed by atoms with Gasteiger partial charge in [-0.1, -0.05) is 6.07 Å². The summed E-state index contributed by atoms with van der Waals surface area (Å²) in [5.41, 5.74) is 0.281. The lowest BCUT2D eigenvalue weighted by Gasteiger charge is -2.29. The minimum absolute atomic E-state index is 0.158. The average molecular weight is 317 g/mol. The summed E-state index contributed by atoms with van der Waals surface area (Å²) in [5, 5.41) is 8.59. The highest BCUT2D eigenvalue weighted by Gasteiger charge is 2.38. The molecule has 0 atom stereocenters. The van der Waals surface area contributed by atoms with Crippen LogP contribution >= 0.6 is 0 Å². The van der Waals surface area contributed by atoms with Crippen LogP contribution in [-0.4, -0.2) is 31.4 Å². The van der Waals surface area contributed by atoms with E-state index in [1.807, 2.05) is 6.07 Å². The molecule has 0 radical (unpaired) electrons. The normalized spacial score (nSPS) is 16.0. The molecule has 1 aliphatic heterocycles. The van der Waals surface area contributed by atoms with Crippen LogP contribution in [0.15, 0.2) is 23.8 Å². The van der Waals surface area contributed by atoms with Crippen molar-refractivity contribution in [2.75, 3.05) is 13.7 Å². The van der Waals surface area contributed by atoms with Crippen molar-refractivity contribution in [3.8, 4) is 17.6 Å². The molecule has 0 amide bonds. The molecule has 0 spiro atoms. The largest absolute Gasteiger partial charge is 0.493 e. The highest BCUT2D eigenvalue weighted by atomic mass is 16.7. The molecule has 1 aromatic carbocycles. The zero-order valence-corrected chi connectivity index (χ0v) is 12.9. The Hall–Kier alpha value is -3.01. The molecule has 1 saturated heterocycles. The molecule has 7 heteroatoms. The van der Waals surface area contributed by atoms with Gasteiger partial charge >= 0.3 is 11.9 Å². The van der Waals surface area contributed by atoms with Crippen LogP contribution in [0.3, 0.4) is 0 Å². The maximum atomic E-state index is 11.9. The number of cyclic esters (lactones) is 2. The van der Waals surface area contributed by atoms with Crippen LogP contribution in [0, 0.1) is 11.3 Å². The first kappa shape index (κ1) is 16.4. The van der Waals surface area contributed by atoms with Gasteiger partial charge in [-0.2, -0.15) is 5.26 Å². The Morgan fingerprint density at radius 1 is 1.22 bits per heavy atom. The number of carbonyl (C=O) groups is 2. The van der Waals surface area contributed by atoms with Gasteiger partial charge in [0.25, 0.3) is 5.79 Å². The van der Waals surface area contributed by atoms with Gasteiger partial charge in [0.2, 0.25) is 0 Å². The Bertz CT molecular complexity index is 692. The van der Waals surface area contributed by atoms with Crippen LogP contribution < -0.4 is 9.47 Å². The fourth-order valence-corrected chi connectivity index (χ4v) is 1.95. The monoisotopic (exact) mass is 317 g/mol. The fourth-order valence-electron chi connectivity index (χ4n) is 1.95. The van der Waals surface area contributed by atoms with Crippen molar-refractivity contribution in [1.82, 2.24) is 0 Å². The van der Waals surface area contributed by atoms with E-state index in [9.17, 15) is 9.59 Å². The molecule has 120 valence electrons. The van der Waals surface area contributed by atoms with E-state index in [0.717, 1.165) is 0 Å². The van der Waals surface area contributed by atoms with Gasteiger partial charge in [-0.15, -0.1) is 0 Å². The second-order valence-electron chi connectivity index (χ2n) is 5.09. The number of hydrogen-bond acceptors (Lipinski definition) is 7. The fraction of sp³-hybridized carbons (Fsp3) is 0.312. The van der Waals surface area contributed by atoms with Gasteiger partial charge in [0.1, 0.15) is 11.6 Å². The summed E-state index contributed by atoms with van der Waals surface area (Å²) in [6.45, 7) is 2.79. The first-order chi connectivity index (χ1) is 10.9. The Balaban J connectivity index is 2.33. The quantitative estimate of drug-likeness (QED) is 0.475. The molecule has 0 saturated carbocycles. The second kappa shape index (κ2) is 6.40. The predicted octanol–water partition coefficient (Wildman–Crippen LogP) is 1.82. The molecule has 1 fully saturated rings. The standard InChI is InChI=1S/C16H15NO6/c1-16(2)22-14(18)11(15(19)23-16)8-10-4-5-12(20-3)13(9-10)21-7-6-17/h4-5,8-9H,7H2,1-3H3. The van der Waals surface area contributed by atoms with Crippen LogP contribution in [-0.2, 0) is 19.1 Å². The molecule has 1 aromatic rings. The highest BCUT2D eigenvalue weighted by molar-refractivity contribution is 6.18. The van der Waals surface area contributed by atoms with Gasteiger partial charge in [-0.3, -0.25) is 0 Å². The minimum Gasteiger partial charge on any atom is -0.493 e. The smallest absolute Gasteiger partial charge is 0.348 e. The van der Waals surface area contributed by atoms with Gasteiger partial charge in [0, 0.05) is 13.8 Å². The van der Waals surface area contributed by atoms with E-state index in [4.69, 9.17) is 24.2 Å². The zero-order valence-electron chi connectivity index (χ0n) is 12.9. The van der Waals surface area contributed by atoms with Gasteiger partial charge in [0.15, 0.2) is 18.1 Å². The van der Waals surface area contributed by atoms with Crippen LogP contribution in [0.1, 0.15) is 19.4 Å². The number of rotatable bonds is 4. The van der Waals surface area contributed by atoms with Gasteiger partial charge < -0.3 is 18.9 Å². The van der Waals surface area contributed by atoms with Crippen molar-refractivity contribution in [1.29, 1.82) is 5.26 Å². The third kappa shape index (κ3) is 3.80. The first-order valence-electron chi connectivity index (χ1n) is 6.72. The molecular formula is C16H15NO6. The number of methoxy groups -OCH3 is 1. The molecule has 2 rings (SSSR count). The predicted molar refractivity (Wildman–Crippen MR) is 78.3 cm³/mol. The number of esters is 2. The third-order valence-corrected chi connectivity index (χ3v) is 2.91. The molecule has 7 nitrogen and oxygen atoms in total. The molecular weight excluding hydrogens is 302 g/mol. The van der Waals surface area contributed by atoms with E-state index in [1.165, 1.54) is 27.0 Å². The van der Waals surface area contributed by atoms with Crippen molar-refractivity contribution in [2.45, 2.75) is 19.6 Å². The Labute approximate surface area is 133 Å². The molecule has 0 aliphatic carbocycles. The van der Waals surface area contributed by atoms with Gasteiger partial charge in [-0.25, -0.2) is 9.59 Å². The van der Waals surface area contributed by atoms with Crippen molar-refractivity contribution in [3.63, 3.8) is 0 Å². The number of hydrogen-bond donors (Lipinski definition) is 0. The lowest BCUT2D eigenvalue weighted by atomic mass is 10.1. The molecule has 23 heavy (non-hydrogen) atoms. The summed E-state index contributed by atoms with van der Waals surface area (Å²) in [7, 11) is 1.46. The molecule has 0 aromatic heterocycles. The number of nitriles is 1. The Kier molecular flexibility index (Phi) is 4.55. The van der Waals surface area contributed by atoms with Gasteiger partial charge in [0.05, 0.1) is 7.11 Å². The zero-order chi connectivity index (χ0) is 17.0. The maximum absolute atomic E-state index is 11.9. The van der Waals surface area contributed by atoms with E-state index in [0.29, 0.717) is 17.1 Å². The van der Waals surface area contributed by atoms with Crippen LogP contribution in [0.5, 0.6) is 11.5 Å². The van der Waals surface area contributed by atoms with E-state index in [1.54, 1.807) is 18.2 Å². The highest BCUT2D eigenvalue weighted by Crippen LogP contribution is 2.30. The lowest BCUT2D eigenvalue weighted by Crippen LogP contribution is -2.41. The lowest BCUT2D eigenvalue weighted by molar-refractivity contribution is -0.222. The third-order valence-electron chi connectivity index (χ3n) is 2.91. The van der Waals surface area contributed by atoms with Crippen molar-refractivity contribution in [2.24, 2.45) is 0 Å². The first-order valence-corrected chi connectivity index (χ1v) is 6.72. The Morgan fingerprint density at radius 3 is 2.43 bits per heavy atom. The summed E-state index contributed by atoms with van der Waals surface area (Å²) in [6.07, 6.45) is 1.33. The van der Waals surface area contributed by atoms with Crippen molar-refractivity contribution < 1.29 is 28.5 Å². The van der Waals surface area contributed by atoms with Gasteiger partial charge in [-0.05, 0) is 23.8 Å². The van der Waals surface area contributed by atoms with E-state index in [2.05, 4.69) is 0 Å². The number of carbonyl (C=O) groups excluding carboxylic acids is 2. The molecule has 1 heterocycles. The SMILES string of the molecule is COc1ccc(C=C2C(=O)OC(C)(C)OC2=O)cc1OCC#N. The van der Waals surface area contributed by atoms with E-state index < -0.39 is 17.7 Å². The van der Waals surface area contributed by atoms with E-state index >= 15 is 0 Å². The topological polar surface area (TPSA) is 94.8 Å².